The lowest BCUT2D eigenvalue weighted by molar-refractivity contribution is 0.0963. The highest BCUT2D eigenvalue weighted by Gasteiger charge is 2.43. The summed E-state index contributed by atoms with van der Waals surface area (Å²) < 4.78 is 0.221. The molecule has 1 fully saturated rings. The number of carbonyl (C=O) groups is 1. The molecule has 0 radical (unpaired) electrons. The highest BCUT2D eigenvalue weighted by molar-refractivity contribution is 8.01. The first kappa shape index (κ1) is 14.9. The average Bonchev–Trinajstić information content (AvgIpc) is 3.33. The summed E-state index contributed by atoms with van der Waals surface area (Å²) in [5, 5.41) is 6.01. The van der Waals surface area contributed by atoms with E-state index in [1.165, 1.54) is 17.7 Å². The van der Waals surface area contributed by atoms with Gasteiger partial charge >= 0.3 is 0 Å². The van der Waals surface area contributed by atoms with Crippen LogP contribution in [-0.4, -0.2) is 29.2 Å². The van der Waals surface area contributed by atoms with Gasteiger partial charge < -0.3 is 10.6 Å². The highest BCUT2D eigenvalue weighted by Crippen LogP contribution is 2.51. The predicted molar refractivity (Wildman–Crippen MR) is 90.4 cm³/mol. The van der Waals surface area contributed by atoms with Gasteiger partial charge in [0.05, 0.1) is 5.56 Å². The van der Waals surface area contributed by atoms with Gasteiger partial charge in [-0.3, -0.25) is 4.79 Å². The van der Waals surface area contributed by atoms with E-state index in [0.717, 1.165) is 6.54 Å². The van der Waals surface area contributed by atoms with Crippen molar-refractivity contribution in [1.29, 1.82) is 0 Å². The predicted octanol–water partition coefficient (Wildman–Crippen LogP) is 3.18. The van der Waals surface area contributed by atoms with Gasteiger partial charge in [0.25, 0.3) is 5.91 Å². The van der Waals surface area contributed by atoms with Gasteiger partial charge in [-0.25, -0.2) is 4.98 Å². The minimum atomic E-state index is -0.115. The molecule has 0 saturated heterocycles. The molecule has 1 heterocycles. The molecule has 2 N–H and O–H groups in total. The van der Waals surface area contributed by atoms with Crippen LogP contribution < -0.4 is 10.6 Å². The molecular weight excluding hydrogens is 294 g/mol. The third kappa shape index (κ3) is 3.42. The van der Waals surface area contributed by atoms with Gasteiger partial charge in [-0.1, -0.05) is 18.2 Å². The van der Waals surface area contributed by atoms with Gasteiger partial charge in [-0.05, 0) is 37.1 Å². The van der Waals surface area contributed by atoms with Crippen LogP contribution in [0, 0.1) is 0 Å². The van der Waals surface area contributed by atoms with E-state index in [4.69, 9.17) is 0 Å². The Morgan fingerprint density at radius 1 is 1.23 bits per heavy atom. The van der Waals surface area contributed by atoms with E-state index in [2.05, 4.69) is 39.9 Å². The third-order valence-electron chi connectivity index (χ3n) is 3.74. The SMILES string of the molecule is CNC(=O)c1cccnc1NCC1(Sc2ccccc2)CC1. The Morgan fingerprint density at radius 2 is 2.00 bits per heavy atom. The monoisotopic (exact) mass is 313 g/mol. The number of rotatable bonds is 6. The molecule has 0 aliphatic heterocycles. The summed E-state index contributed by atoms with van der Waals surface area (Å²) in [6, 6.07) is 14.0. The Kier molecular flexibility index (Phi) is 4.34. The fourth-order valence-electron chi connectivity index (χ4n) is 2.30. The molecule has 1 aromatic heterocycles. The number of nitrogens with zero attached hydrogens (tertiary/aromatic N) is 1. The zero-order valence-electron chi connectivity index (χ0n) is 12.5. The van der Waals surface area contributed by atoms with Crippen molar-refractivity contribution in [2.75, 3.05) is 18.9 Å². The number of pyridine rings is 1. The van der Waals surface area contributed by atoms with Crippen molar-refractivity contribution >= 4 is 23.5 Å². The number of anilines is 1. The second-order valence-electron chi connectivity index (χ2n) is 5.43. The molecule has 2 aromatic rings. The molecular formula is C17H19N3OS. The van der Waals surface area contributed by atoms with Gasteiger partial charge in [0.15, 0.2) is 0 Å². The van der Waals surface area contributed by atoms with Gasteiger partial charge in [-0.15, -0.1) is 11.8 Å². The van der Waals surface area contributed by atoms with Gasteiger partial charge in [-0.2, -0.15) is 0 Å². The van der Waals surface area contributed by atoms with E-state index in [9.17, 15) is 4.79 Å². The molecule has 0 unspecified atom stereocenters. The van der Waals surface area contributed by atoms with Crippen molar-refractivity contribution in [3.8, 4) is 0 Å². The minimum absolute atomic E-state index is 0.115. The summed E-state index contributed by atoms with van der Waals surface area (Å²) in [5.41, 5.74) is 0.588. The van der Waals surface area contributed by atoms with Crippen LogP contribution in [0.15, 0.2) is 53.6 Å². The van der Waals surface area contributed by atoms with Crippen molar-refractivity contribution < 1.29 is 4.79 Å². The lowest BCUT2D eigenvalue weighted by Gasteiger charge is -2.17. The number of carbonyl (C=O) groups excluding carboxylic acids is 1. The van der Waals surface area contributed by atoms with Crippen LogP contribution >= 0.6 is 11.8 Å². The average molecular weight is 313 g/mol. The first-order chi connectivity index (χ1) is 10.7. The van der Waals surface area contributed by atoms with E-state index >= 15 is 0 Å². The number of benzene rings is 1. The Morgan fingerprint density at radius 3 is 2.68 bits per heavy atom. The number of amides is 1. The summed E-state index contributed by atoms with van der Waals surface area (Å²) >= 11 is 1.91. The summed E-state index contributed by atoms with van der Waals surface area (Å²) in [6.45, 7) is 0.813. The third-order valence-corrected chi connectivity index (χ3v) is 5.24. The van der Waals surface area contributed by atoms with Crippen molar-refractivity contribution in [3.05, 3.63) is 54.2 Å². The van der Waals surface area contributed by atoms with Crippen LogP contribution in [0.5, 0.6) is 0 Å². The zero-order valence-corrected chi connectivity index (χ0v) is 13.3. The minimum Gasteiger partial charge on any atom is -0.368 e. The molecule has 0 atom stereocenters. The maximum atomic E-state index is 11.9. The summed E-state index contributed by atoms with van der Waals surface area (Å²) in [6.07, 6.45) is 4.07. The first-order valence-corrected chi connectivity index (χ1v) is 8.19. The lowest BCUT2D eigenvalue weighted by atomic mass is 10.2. The number of nitrogens with one attached hydrogen (secondary N) is 2. The lowest BCUT2D eigenvalue weighted by Crippen LogP contribution is -2.23. The summed E-state index contributed by atoms with van der Waals surface area (Å²) in [5.74, 6) is 0.540. The fourth-order valence-corrected chi connectivity index (χ4v) is 3.55. The Bertz CT molecular complexity index is 656. The Balaban J connectivity index is 1.67. The Hall–Kier alpha value is -2.01. The quantitative estimate of drug-likeness (QED) is 0.860. The van der Waals surface area contributed by atoms with Crippen LogP contribution in [0.1, 0.15) is 23.2 Å². The van der Waals surface area contributed by atoms with Crippen LogP contribution in [0.3, 0.4) is 0 Å². The normalized spacial score (nSPS) is 15.1. The van der Waals surface area contributed by atoms with Crippen molar-refractivity contribution in [1.82, 2.24) is 10.3 Å². The number of hydrogen-bond acceptors (Lipinski definition) is 4. The summed E-state index contributed by atoms with van der Waals surface area (Å²) in [4.78, 5) is 17.5. The molecule has 5 heteroatoms. The fraction of sp³-hybridized carbons (Fsp3) is 0.294. The van der Waals surface area contributed by atoms with Gasteiger partial charge in [0.1, 0.15) is 5.82 Å². The largest absolute Gasteiger partial charge is 0.368 e. The van der Waals surface area contributed by atoms with E-state index in [0.29, 0.717) is 11.4 Å². The molecule has 1 saturated carbocycles. The Labute approximate surface area is 134 Å². The first-order valence-electron chi connectivity index (χ1n) is 7.37. The number of aromatic nitrogens is 1. The number of hydrogen-bond donors (Lipinski definition) is 2. The van der Waals surface area contributed by atoms with Crippen molar-refractivity contribution in [2.45, 2.75) is 22.5 Å². The van der Waals surface area contributed by atoms with Crippen LogP contribution in [0.25, 0.3) is 0 Å². The molecule has 0 spiro atoms. The molecule has 4 nitrogen and oxygen atoms in total. The van der Waals surface area contributed by atoms with Crippen LogP contribution in [0.2, 0.25) is 0 Å². The van der Waals surface area contributed by atoms with E-state index in [-0.39, 0.29) is 10.7 Å². The molecule has 1 amide bonds. The van der Waals surface area contributed by atoms with E-state index in [1.54, 1.807) is 25.4 Å². The second kappa shape index (κ2) is 6.40. The topological polar surface area (TPSA) is 54.0 Å². The van der Waals surface area contributed by atoms with Crippen LogP contribution in [0.4, 0.5) is 5.82 Å². The molecule has 114 valence electrons. The van der Waals surface area contributed by atoms with E-state index < -0.39 is 0 Å². The number of thioether (sulfide) groups is 1. The highest BCUT2D eigenvalue weighted by atomic mass is 32.2. The maximum Gasteiger partial charge on any atom is 0.254 e. The molecule has 0 bridgehead atoms. The molecule has 1 aliphatic carbocycles. The van der Waals surface area contributed by atoms with Gasteiger partial charge in [0.2, 0.25) is 0 Å². The van der Waals surface area contributed by atoms with Crippen molar-refractivity contribution in [2.24, 2.45) is 0 Å². The standard InChI is InChI=1S/C17H19N3OS/c1-18-16(21)14-8-5-11-19-15(14)20-12-17(9-10-17)22-13-6-3-2-4-7-13/h2-8,11H,9-10,12H2,1H3,(H,18,21)(H,19,20). The second-order valence-corrected chi connectivity index (χ2v) is 6.97. The molecule has 22 heavy (non-hydrogen) atoms. The van der Waals surface area contributed by atoms with Crippen molar-refractivity contribution in [3.63, 3.8) is 0 Å². The molecule has 3 rings (SSSR count). The summed E-state index contributed by atoms with van der Waals surface area (Å²) in [7, 11) is 1.63. The van der Waals surface area contributed by atoms with Gasteiger partial charge in [0, 0.05) is 29.4 Å². The smallest absolute Gasteiger partial charge is 0.254 e. The van der Waals surface area contributed by atoms with Crippen LogP contribution in [-0.2, 0) is 0 Å². The molecule has 1 aromatic carbocycles. The molecule has 1 aliphatic rings. The maximum absolute atomic E-state index is 11.9. The zero-order chi connectivity index (χ0) is 15.4. The van der Waals surface area contributed by atoms with E-state index in [1.807, 2.05) is 17.8 Å².